The molecule has 106 valence electrons. The van der Waals surface area contributed by atoms with Crippen LogP contribution in [0.3, 0.4) is 0 Å². The van der Waals surface area contributed by atoms with Gasteiger partial charge in [-0.05, 0) is 24.6 Å². The highest BCUT2D eigenvalue weighted by molar-refractivity contribution is 6.37. The molecule has 0 bridgehead atoms. The molecule has 0 spiro atoms. The lowest BCUT2D eigenvalue weighted by atomic mass is 10.1. The predicted molar refractivity (Wildman–Crippen MR) is 85.0 cm³/mol. The van der Waals surface area contributed by atoms with E-state index in [1.165, 1.54) is 0 Å². The molecule has 3 nitrogen and oxygen atoms in total. The second-order valence-electron chi connectivity index (χ2n) is 4.31. The minimum atomic E-state index is 0.519. The Kier molecular flexibility index (Phi) is 5.10. The van der Waals surface area contributed by atoms with E-state index in [0.29, 0.717) is 21.6 Å². The van der Waals surface area contributed by atoms with Crippen LogP contribution >= 0.6 is 23.2 Å². The maximum atomic E-state index is 6.25. The summed E-state index contributed by atoms with van der Waals surface area (Å²) in [7, 11) is 1.63. The molecule has 2 aromatic rings. The summed E-state index contributed by atoms with van der Waals surface area (Å²) >= 11 is 12.4. The Bertz CT molecular complexity index is 602. The minimum Gasteiger partial charge on any atom is -0.497 e. The van der Waals surface area contributed by atoms with E-state index in [1.54, 1.807) is 13.2 Å². The molecule has 20 heavy (non-hydrogen) atoms. The number of nitrogens with zero attached hydrogens (tertiary/aromatic N) is 1. The van der Waals surface area contributed by atoms with Crippen molar-refractivity contribution in [2.45, 2.75) is 13.3 Å². The van der Waals surface area contributed by atoms with Gasteiger partial charge in [0, 0.05) is 12.1 Å². The predicted octanol–water partition coefficient (Wildman–Crippen LogP) is 4.89. The van der Waals surface area contributed by atoms with Gasteiger partial charge < -0.3 is 10.1 Å². The highest BCUT2D eigenvalue weighted by atomic mass is 35.5. The van der Waals surface area contributed by atoms with Crippen LogP contribution in [0, 0.1) is 0 Å². The average Bonchev–Trinajstić information content (AvgIpc) is 2.46. The number of halogens is 2. The van der Waals surface area contributed by atoms with Gasteiger partial charge in [-0.3, -0.25) is 0 Å². The Morgan fingerprint density at radius 2 is 2.00 bits per heavy atom. The van der Waals surface area contributed by atoms with Crippen LogP contribution in [0.2, 0.25) is 10.0 Å². The first-order valence-electron chi connectivity index (χ1n) is 6.40. The largest absolute Gasteiger partial charge is 0.497 e. The van der Waals surface area contributed by atoms with Crippen molar-refractivity contribution in [1.82, 2.24) is 4.98 Å². The Balaban J connectivity index is 2.44. The monoisotopic (exact) mass is 310 g/mol. The van der Waals surface area contributed by atoms with Crippen molar-refractivity contribution >= 4 is 29.0 Å². The van der Waals surface area contributed by atoms with E-state index in [0.717, 1.165) is 24.3 Å². The van der Waals surface area contributed by atoms with Gasteiger partial charge in [0.25, 0.3) is 0 Å². The standard InChI is InChI=1S/C15H16Cl2N2O/c1-3-7-18-15-13(17)9-12(16)14(19-15)10-5-4-6-11(8-10)20-2/h4-6,8-9H,3,7H2,1-2H3,(H,18,19). The number of hydrogen-bond acceptors (Lipinski definition) is 3. The normalized spacial score (nSPS) is 10.4. The van der Waals surface area contributed by atoms with Gasteiger partial charge in [0.1, 0.15) is 11.6 Å². The van der Waals surface area contributed by atoms with Gasteiger partial charge in [0.15, 0.2) is 0 Å². The maximum Gasteiger partial charge on any atom is 0.145 e. The highest BCUT2D eigenvalue weighted by Crippen LogP contribution is 2.33. The van der Waals surface area contributed by atoms with Crippen molar-refractivity contribution in [3.8, 4) is 17.0 Å². The first-order valence-corrected chi connectivity index (χ1v) is 7.15. The van der Waals surface area contributed by atoms with E-state index in [1.807, 2.05) is 24.3 Å². The molecule has 0 atom stereocenters. The number of ether oxygens (including phenoxy) is 1. The summed E-state index contributed by atoms with van der Waals surface area (Å²) in [4.78, 5) is 4.52. The fourth-order valence-corrected chi connectivity index (χ4v) is 2.34. The Hall–Kier alpha value is -1.45. The second kappa shape index (κ2) is 6.82. The van der Waals surface area contributed by atoms with Crippen LogP contribution in [0.15, 0.2) is 30.3 Å². The third-order valence-corrected chi connectivity index (χ3v) is 3.39. The van der Waals surface area contributed by atoms with Crippen LogP contribution in [-0.2, 0) is 0 Å². The molecule has 0 fully saturated rings. The van der Waals surface area contributed by atoms with Crippen LogP contribution in [0.1, 0.15) is 13.3 Å². The quantitative estimate of drug-likeness (QED) is 0.854. The van der Waals surface area contributed by atoms with Gasteiger partial charge >= 0.3 is 0 Å². The smallest absolute Gasteiger partial charge is 0.145 e. The molecule has 1 aromatic carbocycles. The van der Waals surface area contributed by atoms with Crippen LogP contribution in [0.5, 0.6) is 5.75 Å². The first kappa shape index (κ1) is 14.9. The second-order valence-corrected chi connectivity index (χ2v) is 5.12. The SMILES string of the molecule is CCCNc1nc(-c2cccc(OC)c2)c(Cl)cc1Cl. The summed E-state index contributed by atoms with van der Waals surface area (Å²) in [6.45, 7) is 2.89. The molecule has 2 rings (SSSR count). The van der Waals surface area contributed by atoms with E-state index in [4.69, 9.17) is 27.9 Å². The number of benzene rings is 1. The van der Waals surface area contributed by atoms with Gasteiger partial charge in [-0.2, -0.15) is 0 Å². The molecule has 0 aliphatic rings. The fourth-order valence-electron chi connectivity index (χ4n) is 1.81. The topological polar surface area (TPSA) is 34.2 Å². The zero-order valence-electron chi connectivity index (χ0n) is 11.4. The summed E-state index contributed by atoms with van der Waals surface area (Å²) in [5.74, 6) is 1.41. The molecule has 1 N–H and O–H groups in total. The summed E-state index contributed by atoms with van der Waals surface area (Å²) in [6.07, 6.45) is 0.995. The molecule has 1 heterocycles. The lowest BCUT2D eigenvalue weighted by Crippen LogP contribution is -2.03. The van der Waals surface area contributed by atoms with Gasteiger partial charge in [-0.25, -0.2) is 4.98 Å². The van der Waals surface area contributed by atoms with Crippen LogP contribution in [0.25, 0.3) is 11.3 Å². The number of hydrogen-bond donors (Lipinski definition) is 1. The summed E-state index contributed by atoms with van der Waals surface area (Å²) in [6, 6.07) is 9.33. The molecule has 0 saturated carbocycles. The number of aromatic nitrogens is 1. The van der Waals surface area contributed by atoms with Crippen LogP contribution < -0.4 is 10.1 Å². The summed E-state index contributed by atoms with van der Waals surface area (Å²) in [5, 5.41) is 4.24. The zero-order chi connectivity index (χ0) is 14.5. The van der Waals surface area contributed by atoms with E-state index >= 15 is 0 Å². The highest BCUT2D eigenvalue weighted by Gasteiger charge is 2.11. The molecule has 5 heteroatoms. The summed E-state index contributed by atoms with van der Waals surface area (Å²) < 4.78 is 5.22. The minimum absolute atomic E-state index is 0.519. The van der Waals surface area contributed by atoms with Gasteiger partial charge in [-0.1, -0.05) is 42.3 Å². The number of nitrogens with one attached hydrogen (secondary N) is 1. The molecule has 0 radical (unpaired) electrons. The zero-order valence-corrected chi connectivity index (χ0v) is 12.9. The van der Waals surface area contributed by atoms with Crippen molar-refractivity contribution < 1.29 is 4.74 Å². The van der Waals surface area contributed by atoms with Crippen molar-refractivity contribution in [3.63, 3.8) is 0 Å². The third kappa shape index (κ3) is 3.35. The lowest BCUT2D eigenvalue weighted by molar-refractivity contribution is 0.415. The van der Waals surface area contributed by atoms with Crippen molar-refractivity contribution in [3.05, 3.63) is 40.4 Å². The maximum absolute atomic E-state index is 6.25. The lowest BCUT2D eigenvalue weighted by Gasteiger charge is -2.11. The first-order chi connectivity index (χ1) is 9.65. The molecule has 0 unspecified atom stereocenters. The number of methoxy groups -OCH3 is 1. The van der Waals surface area contributed by atoms with E-state index < -0.39 is 0 Å². The fraction of sp³-hybridized carbons (Fsp3) is 0.267. The van der Waals surface area contributed by atoms with Gasteiger partial charge in [-0.15, -0.1) is 0 Å². The Morgan fingerprint density at radius 3 is 2.70 bits per heavy atom. The molecule has 0 amide bonds. The molecular formula is C15H16Cl2N2O. The number of anilines is 1. The number of rotatable bonds is 5. The number of pyridine rings is 1. The van der Waals surface area contributed by atoms with E-state index in [9.17, 15) is 0 Å². The summed E-state index contributed by atoms with van der Waals surface area (Å²) in [5.41, 5.74) is 1.58. The average molecular weight is 311 g/mol. The van der Waals surface area contributed by atoms with Crippen molar-refractivity contribution in [1.29, 1.82) is 0 Å². The van der Waals surface area contributed by atoms with Gasteiger partial charge in [0.2, 0.25) is 0 Å². The van der Waals surface area contributed by atoms with Crippen molar-refractivity contribution in [2.24, 2.45) is 0 Å². The molecule has 0 saturated heterocycles. The molecule has 0 aliphatic heterocycles. The Labute approximate surface area is 128 Å². The molecule has 1 aromatic heterocycles. The van der Waals surface area contributed by atoms with E-state index in [2.05, 4.69) is 17.2 Å². The Morgan fingerprint density at radius 1 is 1.20 bits per heavy atom. The van der Waals surface area contributed by atoms with Gasteiger partial charge in [0.05, 0.1) is 22.8 Å². The van der Waals surface area contributed by atoms with E-state index in [-0.39, 0.29) is 0 Å². The van der Waals surface area contributed by atoms with Crippen LogP contribution in [0.4, 0.5) is 5.82 Å². The third-order valence-electron chi connectivity index (χ3n) is 2.82. The molecule has 0 aliphatic carbocycles. The molecular weight excluding hydrogens is 295 g/mol. The van der Waals surface area contributed by atoms with Crippen LogP contribution in [-0.4, -0.2) is 18.6 Å². The van der Waals surface area contributed by atoms with Crippen molar-refractivity contribution in [2.75, 3.05) is 19.0 Å².